The van der Waals surface area contributed by atoms with E-state index < -0.39 is 29.7 Å². The zero-order valence-electron chi connectivity index (χ0n) is 32.9. The van der Waals surface area contributed by atoms with Crippen molar-refractivity contribution in [1.29, 1.82) is 5.26 Å². The van der Waals surface area contributed by atoms with Crippen LogP contribution in [0.1, 0.15) is 101 Å². The summed E-state index contributed by atoms with van der Waals surface area (Å²) in [4.78, 5) is 70.7. The van der Waals surface area contributed by atoms with Gasteiger partial charge in [0.05, 0.1) is 34.9 Å². The summed E-state index contributed by atoms with van der Waals surface area (Å²) in [6, 6.07) is 21.1. The van der Waals surface area contributed by atoms with E-state index in [1.807, 2.05) is 30.3 Å². The first kappa shape index (κ1) is 39.5. The van der Waals surface area contributed by atoms with Gasteiger partial charge in [0.1, 0.15) is 35.5 Å². The van der Waals surface area contributed by atoms with Crippen LogP contribution in [-0.2, 0) is 9.59 Å². The Morgan fingerprint density at radius 2 is 1.66 bits per heavy atom. The molecule has 0 radical (unpaired) electrons. The van der Waals surface area contributed by atoms with Gasteiger partial charge in [-0.25, -0.2) is 0 Å². The fourth-order valence-electron chi connectivity index (χ4n) is 8.36. The minimum absolute atomic E-state index is 0.0115. The van der Waals surface area contributed by atoms with Crippen molar-refractivity contribution in [2.75, 3.05) is 20.2 Å². The number of hydrogen-bond acceptors (Lipinski definition) is 11. The molecule has 1 saturated heterocycles. The molecule has 1 atom stereocenters. The largest absolute Gasteiger partial charge is 0.494 e. The number of hydrogen-bond donors (Lipinski definition) is 2. The molecule has 14 nitrogen and oxygen atoms in total. The van der Waals surface area contributed by atoms with E-state index in [9.17, 15) is 29.2 Å². The van der Waals surface area contributed by atoms with Crippen molar-refractivity contribution in [1.82, 2.24) is 25.4 Å². The molecule has 2 aliphatic heterocycles. The van der Waals surface area contributed by atoms with Crippen molar-refractivity contribution >= 4 is 40.4 Å². The molecule has 5 amide bonds. The molecule has 2 aliphatic carbocycles. The summed E-state index contributed by atoms with van der Waals surface area (Å²) < 4.78 is 18.5. The van der Waals surface area contributed by atoms with E-state index in [-0.39, 0.29) is 48.1 Å². The molecule has 14 heteroatoms. The second-order valence-electron chi connectivity index (χ2n) is 15.8. The molecule has 0 bridgehead atoms. The SMILES string of the molecule is CN(CCCCOc1ccc(C(=O)N[C@H]2CC[C@H](Oc3ccc(C#N)c4ncccc34)CC2)cc1)[C@H]1C[C@H](Oc2ccc3c(c2)C(=O)N(C2CCC(=O)NC2=O)C3=O)C1. The summed E-state index contributed by atoms with van der Waals surface area (Å²) in [5.74, 6) is -0.279. The standard InChI is InChI=1S/C45H46N6O8/c1-50(30-23-34(24-30)58-33-15-16-35-37(25-33)45(56)51(44(35)55)38-17-19-40(52)49-43(38)54)21-2-3-22-57-31-11-6-27(7-12-31)42(53)48-29-9-13-32(14-10-29)59-39-18-8-28(26-46)41-36(39)5-4-20-47-41/h4-8,11-12,15-16,18,20,25,29-30,32,34,38H,2-3,9-10,13-14,17,19,21-24H2,1H3,(H,48,53)(H,49,52,54)/t29-,30-,32-,34-,38?. The first-order valence-electron chi connectivity index (χ1n) is 20.4. The average Bonchev–Trinajstić information content (AvgIpc) is 3.47. The van der Waals surface area contributed by atoms with Crippen LogP contribution < -0.4 is 24.8 Å². The van der Waals surface area contributed by atoms with E-state index in [1.54, 1.807) is 42.6 Å². The average molecular weight is 799 g/mol. The normalized spacial score (nSPS) is 22.7. The Labute approximate surface area is 341 Å². The molecule has 59 heavy (non-hydrogen) atoms. The van der Waals surface area contributed by atoms with Gasteiger partial charge < -0.3 is 24.4 Å². The number of pyridine rings is 1. The molecule has 304 valence electrons. The number of nitriles is 1. The maximum Gasteiger partial charge on any atom is 0.262 e. The molecule has 3 fully saturated rings. The first-order chi connectivity index (χ1) is 28.6. The second-order valence-corrected chi connectivity index (χ2v) is 15.8. The predicted octanol–water partition coefficient (Wildman–Crippen LogP) is 5.33. The number of nitrogens with one attached hydrogen (secondary N) is 2. The molecule has 4 aliphatic rings. The molecule has 8 rings (SSSR count). The molecular formula is C45H46N6O8. The molecular weight excluding hydrogens is 753 g/mol. The Bertz CT molecular complexity index is 2310. The van der Waals surface area contributed by atoms with Crippen LogP contribution >= 0.6 is 0 Å². The van der Waals surface area contributed by atoms with E-state index in [2.05, 4.69) is 33.6 Å². The fraction of sp³-hybridized carbons (Fsp3) is 0.400. The minimum Gasteiger partial charge on any atom is -0.494 e. The zero-order valence-corrected chi connectivity index (χ0v) is 32.9. The van der Waals surface area contributed by atoms with Gasteiger partial charge in [0.25, 0.3) is 17.7 Å². The number of nitrogens with zero attached hydrogens (tertiary/aromatic N) is 4. The number of rotatable bonds is 14. The van der Waals surface area contributed by atoms with Crippen LogP contribution in [0, 0.1) is 11.3 Å². The lowest BCUT2D eigenvalue weighted by molar-refractivity contribution is -0.136. The molecule has 1 aromatic heterocycles. The third-order valence-corrected chi connectivity index (χ3v) is 11.9. The van der Waals surface area contributed by atoms with Crippen molar-refractivity contribution in [3.8, 4) is 23.3 Å². The Hall–Kier alpha value is -6.33. The Morgan fingerprint density at radius 3 is 2.42 bits per heavy atom. The highest BCUT2D eigenvalue weighted by atomic mass is 16.5. The molecule has 1 unspecified atom stereocenters. The highest BCUT2D eigenvalue weighted by molar-refractivity contribution is 6.23. The summed E-state index contributed by atoms with van der Waals surface area (Å²) in [6.45, 7) is 1.47. The van der Waals surface area contributed by atoms with Gasteiger partial charge in [-0.3, -0.25) is 39.2 Å². The van der Waals surface area contributed by atoms with Crippen molar-refractivity contribution in [3.05, 3.63) is 95.2 Å². The predicted molar refractivity (Wildman–Crippen MR) is 215 cm³/mol. The lowest BCUT2D eigenvalue weighted by Gasteiger charge is -2.41. The van der Waals surface area contributed by atoms with Crippen LogP contribution in [0.2, 0.25) is 0 Å². The van der Waals surface area contributed by atoms with Gasteiger partial charge in [0.2, 0.25) is 11.8 Å². The highest BCUT2D eigenvalue weighted by Gasteiger charge is 2.45. The van der Waals surface area contributed by atoms with Crippen molar-refractivity contribution in [2.24, 2.45) is 0 Å². The second kappa shape index (κ2) is 17.3. The van der Waals surface area contributed by atoms with Crippen molar-refractivity contribution < 1.29 is 38.2 Å². The number of carbonyl (C=O) groups excluding carboxylic acids is 5. The maximum atomic E-state index is 13.1. The maximum absolute atomic E-state index is 13.1. The fourth-order valence-corrected chi connectivity index (χ4v) is 8.36. The van der Waals surface area contributed by atoms with Gasteiger partial charge in [-0.15, -0.1) is 0 Å². The number of piperidine rings is 1. The van der Waals surface area contributed by atoms with Gasteiger partial charge in [0, 0.05) is 48.5 Å². The number of aromatic nitrogens is 1. The number of fused-ring (bicyclic) bond motifs is 2. The molecule has 0 spiro atoms. The molecule has 2 saturated carbocycles. The summed E-state index contributed by atoms with van der Waals surface area (Å²) in [5.41, 5.74) is 2.19. The van der Waals surface area contributed by atoms with Crippen LogP contribution in [0.5, 0.6) is 17.2 Å². The van der Waals surface area contributed by atoms with Crippen LogP contribution in [0.15, 0.2) is 72.9 Å². The number of imide groups is 2. The van der Waals surface area contributed by atoms with Crippen LogP contribution in [-0.4, -0.2) is 94.9 Å². The molecule has 3 aromatic carbocycles. The Morgan fingerprint density at radius 1 is 0.898 bits per heavy atom. The summed E-state index contributed by atoms with van der Waals surface area (Å²) in [6.07, 6.45) is 8.63. The smallest absolute Gasteiger partial charge is 0.262 e. The number of ether oxygens (including phenoxy) is 3. The number of amides is 5. The summed E-state index contributed by atoms with van der Waals surface area (Å²) >= 11 is 0. The van der Waals surface area contributed by atoms with E-state index in [1.165, 1.54) is 0 Å². The molecule has 2 N–H and O–H groups in total. The van der Waals surface area contributed by atoms with Gasteiger partial charge in [-0.2, -0.15) is 5.26 Å². The number of carbonyl (C=O) groups is 5. The first-order valence-corrected chi connectivity index (χ1v) is 20.4. The van der Waals surface area contributed by atoms with Crippen molar-refractivity contribution in [3.63, 3.8) is 0 Å². The monoisotopic (exact) mass is 798 g/mol. The lowest BCUT2D eigenvalue weighted by atomic mass is 9.88. The summed E-state index contributed by atoms with van der Waals surface area (Å²) in [7, 11) is 2.10. The van der Waals surface area contributed by atoms with Gasteiger partial charge in [-0.1, -0.05) is 0 Å². The minimum atomic E-state index is -1.00. The van der Waals surface area contributed by atoms with E-state index in [4.69, 9.17) is 14.2 Å². The Kier molecular flexibility index (Phi) is 11.6. The molecule has 4 aromatic rings. The van der Waals surface area contributed by atoms with Gasteiger partial charge in [0.15, 0.2) is 0 Å². The molecule has 3 heterocycles. The van der Waals surface area contributed by atoms with Crippen LogP contribution in [0.25, 0.3) is 10.9 Å². The Balaban J connectivity index is 0.705. The third-order valence-electron chi connectivity index (χ3n) is 11.9. The lowest BCUT2D eigenvalue weighted by Crippen LogP contribution is -2.54. The van der Waals surface area contributed by atoms with Crippen LogP contribution in [0.3, 0.4) is 0 Å². The topological polar surface area (TPSA) is 180 Å². The van der Waals surface area contributed by atoms with Crippen molar-refractivity contribution in [2.45, 2.75) is 94.5 Å². The summed E-state index contributed by atoms with van der Waals surface area (Å²) in [5, 5.41) is 15.6. The zero-order chi connectivity index (χ0) is 41.0. The third kappa shape index (κ3) is 8.61. The highest BCUT2D eigenvalue weighted by Crippen LogP contribution is 2.34. The number of benzene rings is 3. The number of unbranched alkanes of at least 4 members (excludes halogenated alkanes) is 1. The van der Waals surface area contributed by atoms with E-state index in [0.29, 0.717) is 35.0 Å². The van der Waals surface area contributed by atoms with Gasteiger partial charge >= 0.3 is 0 Å². The quantitative estimate of drug-likeness (QED) is 0.124. The van der Waals surface area contributed by atoms with E-state index >= 15 is 0 Å². The van der Waals surface area contributed by atoms with E-state index in [0.717, 1.165) is 79.7 Å². The van der Waals surface area contributed by atoms with Gasteiger partial charge in [-0.05, 0) is 125 Å². The van der Waals surface area contributed by atoms with Crippen LogP contribution in [0.4, 0.5) is 0 Å².